The summed E-state index contributed by atoms with van der Waals surface area (Å²) in [7, 11) is 0. The number of carbonyl (C=O) groups is 2. The number of rotatable bonds is 3. The van der Waals surface area contributed by atoms with E-state index >= 15 is 0 Å². The average Bonchev–Trinajstić information content (AvgIpc) is 2.71. The number of fused-ring (bicyclic) bond motifs is 1. The zero-order valence-electron chi connectivity index (χ0n) is 17.7. The van der Waals surface area contributed by atoms with Crippen LogP contribution in [0.2, 0.25) is 0 Å². The van der Waals surface area contributed by atoms with Crippen molar-refractivity contribution in [2.24, 2.45) is 34.3 Å². The van der Waals surface area contributed by atoms with Gasteiger partial charge in [-0.25, -0.2) is 0 Å². The van der Waals surface area contributed by atoms with E-state index in [1.54, 1.807) is 0 Å². The van der Waals surface area contributed by atoms with E-state index < -0.39 is 5.41 Å². The number of pyridine rings is 1. The molecule has 2 N–H and O–H groups in total. The molecule has 1 aliphatic heterocycles. The van der Waals surface area contributed by atoms with Gasteiger partial charge in [-0.05, 0) is 69.8 Å². The Morgan fingerprint density at radius 1 is 1.10 bits per heavy atom. The van der Waals surface area contributed by atoms with Crippen molar-refractivity contribution in [3.05, 3.63) is 42.1 Å². The third-order valence-electron chi connectivity index (χ3n) is 8.77. The number of primary amides is 1. The van der Waals surface area contributed by atoms with Crippen molar-refractivity contribution in [1.29, 1.82) is 0 Å². The molecule has 1 aromatic carbocycles. The maximum absolute atomic E-state index is 13.5. The zero-order chi connectivity index (χ0) is 20.8. The molecule has 5 nitrogen and oxygen atoms in total. The number of hydrogen-bond acceptors (Lipinski definition) is 3. The van der Waals surface area contributed by atoms with E-state index in [9.17, 15) is 9.59 Å². The standard InChI is InChI=1S/C25H29N3O2/c1-24(2)21(18-7-3-5-15-6-4-8-27-19(15)18)28(23(24)30)20-16-9-14-10-17(20)13-25(11-14,12-16)22(26)29/h3-8,14,16-17,20-21H,9-13H2,1-2H3,(H2,26,29)/t14?,16-,17?,20?,21?,25?/m0/s1. The third kappa shape index (κ3) is 2.21. The van der Waals surface area contributed by atoms with Crippen molar-refractivity contribution in [2.45, 2.75) is 58.0 Å². The zero-order valence-corrected chi connectivity index (χ0v) is 17.7. The van der Waals surface area contributed by atoms with Crippen molar-refractivity contribution >= 4 is 22.7 Å². The normalized spacial score (nSPS) is 38.7. The maximum Gasteiger partial charge on any atom is 0.231 e. The topological polar surface area (TPSA) is 76.3 Å². The minimum absolute atomic E-state index is 0.0238. The highest BCUT2D eigenvalue weighted by Gasteiger charge is 2.65. The quantitative estimate of drug-likeness (QED) is 0.792. The fourth-order valence-electron chi connectivity index (χ4n) is 7.80. The fraction of sp³-hybridized carbons (Fsp3) is 0.560. The van der Waals surface area contributed by atoms with Crippen molar-refractivity contribution in [2.75, 3.05) is 0 Å². The highest BCUT2D eigenvalue weighted by Crippen LogP contribution is 2.64. The Morgan fingerprint density at radius 3 is 2.50 bits per heavy atom. The van der Waals surface area contributed by atoms with Crippen LogP contribution in [0.15, 0.2) is 36.5 Å². The molecule has 2 amide bonds. The molecule has 5 aliphatic rings. The lowest BCUT2D eigenvalue weighted by atomic mass is 9.46. The van der Waals surface area contributed by atoms with Crippen LogP contribution in [0.3, 0.4) is 0 Å². The first-order chi connectivity index (χ1) is 14.3. The van der Waals surface area contributed by atoms with Gasteiger partial charge in [0.05, 0.1) is 17.0 Å². The molecular formula is C25H29N3O2. The van der Waals surface area contributed by atoms with Gasteiger partial charge < -0.3 is 10.6 Å². The predicted molar refractivity (Wildman–Crippen MR) is 114 cm³/mol. The van der Waals surface area contributed by atoms with E-state index in [1.165, 1.54) is 0 Å². The van der Waals surface area contributed by atoms with Crippen molar-refractivity contribution < 1.29 is 9.59 Å². The minimum atomic E-state index is -0.443. The van der Waals surface area contributed by atoms with Crippen LogP contribution in [-0.2, 0) is 9.59 Å². The summed E-state index contributed by atoms with van der Waals surface area (Å²) in [5, 5.41) is 1.11. The molecule has 30 heavy (non-hydrogen) atoms. The second-order valence-corrected chi connectivity index (χ2v) is 10.9. The lowest BCUT2D eigenvalue weighted by Gasteiger charge is -2.66. The summed E-state index contributed by atoms with van der Waals surface area (Å²) in [6, 6.07) is 10.6. The van der Waals surface area contributed by atoms with E-state index in [0.29, 0.717) is 17.8 Å². The molecule has 0 spiro atoms. The molecule has 5 unspecified atom stereocenters. The van der Waals surface area contributed by atoms with Gasteiger partial charge in [0.25, 0.3) is 0 Å². The Kier molecular flexibility index (Phi) is 3.57. The maximum atomic E-state index is 13.5. The fourth-order valence-corrected chi connectivity index (χ4v) is 7.80. The summed E-state index contributed by atoms with van der Waals surface area (Å²) in [6.07, 6.45) is 6.75. The number of aromatic nitrogens is 1. The number of nitrogens with two attached hydrogens (primary N) is 1. The Balaban J connectivity index is 1.42. The van der Waals surface area contributed by atoms with Gasteiger partial charge >= 0.3 is 0 Å². The first-order valence-electron chi connectivity index (χ1n) is 11.3. The number of hydrogen-bond donors (Lipinski definition) is 1. The molecule has 2 aromatic rings. The van der Waals surface area contributed by atoms with Crippen molar-refractivity contribution in [3.8, 4) is 0 Å². The van der Waals surface area contributed by atoms with Crippen molar-refractivity contribution in [3.63, 3.8) is 0 Å². The molecule has 156 valence electrons. The first kappa shape index (κ1) is 18.3. The summed E-state index contributed by atoms with van der Waals surface area (Å²) in [5.41, 5.74) is 7.26. The van der Waals surface area contributed by atoms with Crippen LogP contribution in [0.25, 0.3) is 10.9 Å². The van der Waals surface area contributed by atoms with Gasteiger partial charge in [-0.1, -0.05) is 24.3 Å². The molecule has 4 saturated carbocycles. The van der Waals surface area contributed by atoms with E-state index in [2.05, 4.69) is 48.0 Å². The number of β-lactam (4-membered cyclic amide) rings is 1. The first-order valence-corrected chi connectivity index (χ1v) is 11.3. The van der Waals surface area contributed by atoms with Crippen LogP contribution in [0.1, 0.15) is 57.6 Å². The second kappa shape index (κ2) is 5.83. The van der Waals surface area contributed by atoms with Gasteiger partial charge in [0.2, 0.25) is 11.8 Å². The molecule has 2 heterocycles. The monoisotopic (exact) mass is 403 g/mol. The Bertz CT molecular complexity index is 1060. The second-order valence-electron chi connectivity index (χ2n) is 10.9. The molecule has 1 aromatic heterocycles. The molecule has 6 atom stereocenters. The lowest BCUT2D eigenvalue weighted by molar-refractivity contribution is -0.198. The predicted octanol–water partition coefficient (Wildman–Crippen LogP) is 3.82. The minimum Gasteiger partial charge on any atom is -0.369 e. The number of carbonyl (C=O) groups excluding carboxylic acids is 2. The van der Waals surface area contributed by atoms with E-state index in [0.717, 1.165) is 48.6 Å². The Labute approximate surface area is 177 Å². The molecule has 4 aliphatic carbocycles. The Morgan fingerprint density at radius 2 is 1.80 bits per heavy atom. The summed E-state index contributed by atoms with van der Waals surface area (Å²) >= 11 is 0. The van der Waals surface area contributed by atoms with Crippen LogP contribution in [0, 0.1) is 28.6 Å². The lowest BCUT2D eigenvalue weighted by Crippen LogP contribution is -2.71. The number of amides is 2. The summed E-state index contributed by atoms with van der Waals surface area (Å²) in [4.78, 5) is 32.7. The molecule has 7 rings (SSSR count). The molecule has 4 bridgehead atoms. The van der Waals surface area contributed by atoms with Gasteiger partial charge in [0.1, 0.15) is 0 Å². The average molecular weight is 404 g/mol. The van der Waals surface area contributed by atoms with Crippen LogP contribution < -0.4 is 5.73 Å². The number of likely N-dealkylation sites (tertiary alicyclic amines) is 1. The van der Waals surface area contributed by atoms with E-state index in [-0.39, 0.29) is 29.3 Å². The summed E-state index contributed by atoms with van der Waals surface area (Å²) in [6.45, 7) is 4.14. The molecule has 0 radical (unpaired) electrons. The van der Waals surface area contributed by atoms with Crippen molar-refractivity contribution in [1.82, 2.24) is 9.88 Å². The van der Waals surface area contributed by atoms with Crippen LogP contribution in [-0.4, -0.2) is 27.7 Å². The van der Waals surface area contributed by atoms with Gasteiger partial charge in [0, 0.05) is 28.6 Å². The molecule has 5 heteroatoms. The third-order valence-corrected chi connectivity index (χ3v) is 8.77. The highest BCUT2D eigenvalue weighted by molar-refractivity contribution is 5.93. The number of benzene rings is 1. The van der Waals surface area contributed by atoms with E-state index in [4.69, 9.17) is 5.73 Å². The van der Waals surface area contributed by atoms with Gasteiger partial charge in [-0.2, -0.15) is 0 Å². The largest absolute Gasteiger partial charge is 0.369 e. The van der Waals surface area contributed by atoms with Crippen LogP contribution in [0.5, 0.6) is 0 Å². The van der Waals surface area contributed by atoms with Crippen LogP contribution >= 0.6 is 0 Å². The summed E-state index contributed by atoms with van der Waals surface area (Å²) in [5.74, 6) is 1.48. The molecular weight excluding hydrogens is 374 g/mol. The molecule has 5 fully saturated rings. The smallest absolute Gasteiger partial charge is 0.231 e. The number of nitrogens with zero attached hydrogens (tertiary/aromatic N) is 2. The SMILES string of the molecule is CC1(C)C(=O)N(C2C3CC4C[C@H]2CC(C(N)=O)(C4)C3)C1c1cccc2cccnc12. The van der Waals surface area contributed by atoms with E-state index in [1.807, 2.05) is 12.3 Å². The molecule has 1 saturated heterocycles. The van der Waals surface area contributed by atoms with Gasteiger partial charge in [-0.3, -0.25) is 14.6 Å². The van der Waals surface area contributed by atoms with Crippen LogP contribution in [0.4, 0.5) is 0 Å². The van der Waals surface area contributed by atoms with Gasteiger partial charge in [0.15, 0.2) is 0 Å². The summed E-state index contributed by atoms with van der Waals surface area (Å²) < 4.78 is 0. The highest BCUT2D eigenvalue weighted by atomic mass is 16.2. The number of para-hydroxylation sites is 1. The van der Waals surface area contributed by atoms with Gasteiger partial charge in [-0.15, -0.1) is 0 Å². The Hall–Kier alpha value is -2.43.